The summed E-state index contributed by atoms with van der Waals surface area (Å²) in [6, 6.07) is 9.68. The fraction of sp³-hybridized carbons (Fsp3) is 0.533. The number of nitrogens with two attached hydrogens (primary N) is 1. The van der Waals surface area contributed by atoms with E-state index < -0.39 is 10.0 Å². The minimum Gasteiger partial charge on any atom is -0.337 e. The third-order valence-electron chi connectivity index (χ3n) is 3.72. The molecule has 8 heteroatoms. The van der Waals surface area contributed by atoms with E-state index in [4.69, 9.17) is 5.73 Å². The van der Waals surface area contributed by atoms with Crippen LogP contribution in [0.2, 0.25) is 0 Å². The molecule has 130 valence electrons. The molecule has 1 amide bonds. The molecule has 0 unspecified atom stereocenters. The van der Waals surface area contributed by atoms with Gasteiger partial charge in [0.25, 0.3) is 0 Å². The van der Waals surface area contributed by atoms with Crippen molar-refractivity contribution in [3.8, 4) is 0 Å². The molecule has 0 aromatic heterocycles. The van der Waals surface area contributed by atoms with Gasteiger partial charge in [-0.2, -0.15) is 4.31 Å². The van der Waals surface area contributed by atoms with Gasteiger partial charge in [-0.1, -0.05) is 30.3 Å². The van der Waals surface area contributed by atoms with Gasteiger partial charge in [0.2, 0.25) is 15.9 Å². The Labute approximate surface area is 144 Å². The van der Waals surface area contributed by atoms with Gasteiger partial charge >= 0.3 is 0 Å². The van der Waals surface area contributed by atoms with Crippen molar-refractivity contribution in [2.45, 2.75) is 19.4 Å². The zero-order valence-electron chi connectivity index (χ0n) is 13.1. The maximum absolute atomic E-state index is 12.5. The third-order valence-corrected chi connectivity index (χ3v) is 5.62. The van der Waals surface area contributed by atoms with Gasteiger partial charge in [-0.15, -0.1) is 12.4 Å². The number of sulfonamides is 1. The summed E-state index contributed by atoms with van der Waals surface area (Å²) >= 11 is 0. The van der Waals surface area contributed by atoms with Crippen LogP contribution in [0, 0.1) is 0 Å². The molecule has 1 fully saturated rings. The van der Waals surface area contributed by atoms with Crippen molar-refractivity contribution in [1.29, 1.82) is 0 Å². The lowest BCUT2D eigenvalue weighted by Gasteiger charge is -2.25. The summed E-state index contributed by atoms with van der Waals surface area (Å²) in [6.07, 6.45) is 1.29. The van der Waals surface area contributed by atoms with E-state index in [0.29, 0.717) is 39.0 Å². The maximum Gasteiger partial charge on any atom is 0.238 e. The molecule has 0 saturated carbocycles. The summed E-state index contributed by atoms with van der Waals surface area (Å²) in [4.78, 5) is 14.2. The van der Waals surface area contributed by atoms with E-state index in [1.54, 1.807) is 4.90 Å². The summed E-state index contributed by atoms with van der Waals surface area (Å²) in [6.45, 7) is 1.89. The number of hydrogen-bond acceptors (Lipinski definition) is 4. The smallest absolute Gasteiger partial charge is 0.238 e. The van der Waals surface area contributed by atoms with E-state index in [1.165, 1.54) is 4.31 Å². The third kappa shape index (κ3) is 5.76. The number of rotatable bonds is 7. The van der Waals surface area contributed by atoms with E-state index in [0.717, 1.165) is 5.56 Å². The first-order valence-electron chi connectivity index (χ1n) is 7.52. The van der Waals surface area contributed by atoms with Crippen LogP contribution in [0.1, 0.15) is 18.4 Å². The van der Waals surface area contributed by atoms with Crippen molar-refractivity contribution in [2.75, 3.05) is 31.9 Å². The first-order chi connectivity index (χ1) is 10.5. The molecular weight excluding hydrogens is 338 g/mol. The molecule has 23 heavy (non-hydrogen) atoms. The molecule has 0 atom stereocenters. The van der Waals surface area contributed by atoms with Crippen LogP contribution in [0.5, 0.6) is 0 Å². The largest absolute Gasteiger partial charge is 0.337 e. The molecular formula is C15H24ClN3O3S. The number of amides is 1. The van der Waals surface area contributed by atoms with Crippen molar-refractivity contribution in [3.63, 3.8) is 0 Å². The normalized spacial score (nSPS) is 16.7. The van der Waals surface area contributed by atoms with Crippen LogP contribution in [-0.2, 0) is 21.4 Å². The number of nitrogens with zero attached hydrogens (tertiary/aromatic N) is 2. The SMILES string of the molecule is Cl.NCCCN(Cc1ccccc1)C(=O)CN1CCCS1(=O)=O. The predicted octanol–water partition coefficient (Wildman–Crippen LogP) is 0.821. The standard InChI is InChI=1S/C15H23N3O3S.ClH/c16-8-4-9-17(12-14-6-2-1-3-7-14)15(19)13-18-10-5-11-22(18,20)21;/h1-3,6-7H,4-5,8-13,16H2;1H. The molecule has 6 nitrogen and oxygen atoms in total. The maximum atomic E-state index is 12.5. The van der Waals surface area contributed by atoms with Crippen LogP contribution in [0.25, 0.3) is 0 Å². The molecule has 0 radical (unpaired) electrons. The second-order valence-corrected chi connectivity index (χ2v) is 7.53. The van der Waals surface area contributed by atoms with Gasteiger partial charge in [0.05, 0.1) is 12.3 Å². The average Bonchev–Trinajstić information content (AvgIpc) is 2.83. The molecule has 1 saturated heterocycles. The monoisotopic (exact) mass is 361 g/mol. The van der Waals surface area contributed by atoms with Gasteiger partial charge in [0.15, 0.2) is 0 Å². The van der Waals surface area contributed by atoms with Crippen molar-refractivity contribution in [2.24, 2.45) is 5.73 Å². The zero-order chi connectivity index (χ0) is 16.0. The molecule has 2 N–H and O–H groups in total. The fourth-order valence-electron chi connectivity index (χ4n) is 2.50. The molecule has 1 heterocycles. The highest BCUT2D eigenvalue weighted by atomic mass is 35.5. The second-order valence-electron chi connectivity index (χ2n) is 5.45. The Balaban J connectivity index is 0.00000264. The number of benzene rings is 1. The first kappa shape index (κ1) is 19.9. The number of carbonyl (C=O) groups is 1. The molecule has 0 aliphatic carbocycles. The van der Waals surface area contributed by atoms with Gasteiger partial charge < -0.3 is 10.6 Å². The van der Waals surface area contributed by atoms with Gasteiger partial charge in [-0.3, -0.25) is 4.79 Å². The first-order valence-corrected chi connectivity index (χ1v) is 9.13. The lowest BCUT2D eigenvalue weighted by atomic mass is 10.2. The Hall–Kier alpha value is -1.15. The molecule has 1 aliphatic rings. The van der Waals surface area contributed by atoms with Crippen LogP contribution in [0.15, 0.2) is 30.3 Å². The topological polar surface area (TPSA) is 83.7 Å². The second kappa shape index (κ2) is 9.22. The van der Waals surface area contributed by atoms with E-state index >= 15 is 0 Å². The van der Waals surface area contributed by atoms with Gasteiger partial charge in [-0.05, 0) is 24.9 Å². The highest BCUT2D eigenvalue weighted by Gasteiger charge is 2.31. The fourth-order valence-corrected chi connectivity index (χ4v) is 3.96. The highest BCUT2D eigenvalue weighted by Crippen LogP contribution is 2.14. The minimum atomic E-state index is -3.25. The average molecular weight is 362 g/mol. The lowest BCUT2D eigenvalue weighted by molar-refractivity contribution is -0.132. The van der Waals surface area contributed by atoms with E-state index in [-0.39, 0.29) is 30.6 Å². The van der Waals surface area contributed by atoms with Crippen LogP contribution in [-0.4, -0.2) is 55.5 Å². The Bertz CT molecular complexity index is 595. The highest BCUT2D eigenvalue weighted by molar-refractivity contribution is 7.89. The van der Waals surface area contributed by atoms with Crippen LogP contribution in [0.3, 0.4) is 0 Å². The minimum absolute atomic E-state index is 0. The van der Waals surface area contributed by atoms with E-state index in [2.05, 4.69) is 0 Å². The summed E-state index contributed by atoms with van der Waals surface area (Å²) in [5, 5.41) is 0. The molecule has 2 rings (SSSR count). The summed E-state index contributed by atoms with van der Waals surface area (Å²) in [5.74, 6) is -0.0235. The van der Waals surface area contributed by atoms with Crippen molar-refractivity contribution >= 4 is 28.3 Å². The van der Waals surface area contributed by atoms with Crippen LogP contribution in [0.4, 0.5) is 0 Å². The van der Waals surface area contributed by atoms with E-state index in [1.807, 2.05) is 30.3 Å². The molecule has 0 bridgehead atoms. The quantitative estimate of drug-likeness (QED) is 0.779. The van der Waals surface area contributed by atoms with Crippen LogP contribution >= 0.6 is 12.4 Å². The van der Waals surface area contributed by atoms with Gasteiger partial charge in [0.1, 0.15) is 0 Å². The Kier molecular flexibility index (Phi) is 7.98. The van der Waals surface area contributed by atoms with Crippen molar-refractivity contribution < 1.29 is 13.2 Å². The summed E-state index contributed by atoms with van der Waals surface area (Å²) in [5.41, 5.74) is 6.56. The summed E-state index contributed by atoms with van der Waals surface area (Å²) < 4.78 is 24.9. The lowest BCUT2D eigenvalue weighted by Crippen LogP contribution is -2.41. The molecule has 1 aromatic carbocycles. The number of hydrogen-bond donors (Lipinski definition) is 1. The predicted molar refractivity (Wildman–Crippen MR) is 92.8 cm³/mol. The summed E-state index contributed by atoms with van der Waals surface area (Å²) in [7, 11) is -3.25. The molecule has 1 aliphatic heterocycles. The van der Waals surface area contributed by atoms with Gasteiger partial charge in [-0.25, -0.2) is 8.42 Å². The van der Waals surface area contributed by atoms with Crippen LogP contribution < -0.4 is 5.73 Å². The Morgan fingerprint density at radius 2 is 1.96 bits per heavy atom. The van der Waals surface area contributed by atoms with Crippen molar-refractivity contribution in [3.05, 3.63) is 35.9 Å². The Morgan fingerprint density at radius 3 is 2.52 bits per heavy atom. The van der Waals surface area contributed by atoms with E-state index in [9.17, 15) is 13.2 Å². The number of carbonyl (C=O) groups excluding carboxylic acids is 1. The molecule has 1 aromatic rings. The number of halogens is 1. The Morgan fingerprint density at radius 1 is 1.26 bits per heavy atom. The van der Waals surface area contributed by atoms with Gasteiger partial charge in [0, 0.05) is 19.6 Å². The zero-order valence-corrected chi connectivity index (χ0v) is 14.7. The molecule has 0 spiro atoms. The van der Waals surface area contributed by atoms with Crippen molar-refractivity contribution in [1.82, 2.24) is 9.21 Å².